The number of amides is 2. The van der Waals surface area contributed by atoms with Crippen molar-refractivity contribution in [2.45, 2.75) is 33.1 Å². The summed E-state index contributed by atoms with van der Waals surface area (Å²) < 4.78 is 11.2. The van der Waals surface area contributed by atoms with Crippen LogP contribution < -0.4 is 10.1 Å². The Hall–Kier alpha value is -1.75. The SMILES string of the molecule is CCN(CCOc1ccc(C)cc1)C(=O)NCCC1CCCOC1. The number of nitrogens with zero attached hydrogens (tertiary/aromatic N) is 1. The standard InChI is InChI=1S/C19H30N2O3/c1-3-21(12-14-24-18-8-6-16(2)7-9-18)19(22)20-11-10-17-5-4-13-23-15-17/h6-9,17H,3-5,10-15H2,1-2H3,(H,20,22). The number of benzene rings is 1. The molecule has 1 aromatic carbocycles. The Morgan fingerprint density at radius 2 is 2.17 bits per heavy atom. The molecule has 0 saturated carbocycles. The molecule has 1 N–H and O–H groups in total. The first-order valence-electron chi connectivity index (χ1n) is 8.99. The Morgan fingerprint density at radius 1 is 1.38 bits per heavy atom. The molecule has 0 radical (unpaired) electrons. The number of likely N-dealkylation sites (N-methyl/N-ethyl adjacent to an activating group) is 1. The van der Waals surface area contributed by atoms with Crippen molar-refractivity contribution < 1.29 is 14.3 Å². The van der Waals surface area contributed by atoms with Crippen molar-refractivity contribution in [1.82, 2.24) is 10.2 Å². The first kappa shape index (κ1) is 18.6. The van der Waals surface area contributed by atoms with Crippen LogP contribution in [-0.4, -0.2) is 50.4 Å². The van der Waals surface area contributed by atoms with Crippen molar-refractivity contribution in [2.24, 2.45) is 5.92 Å². The Labute approximate surface area is 145 Å². The average Bonchev–Trinajstić information content (AvgIpc) is 2.61. The molecule has 1 unspecified atom stereocenters. The quantitative estimate of drug-likeness (QED) is 0.794. The molecule has 1 fully saturated rings. The third-order valence-electron chi connectivity index (χ3n) is 4.40. The molecule has 24 heavy (non-hydrogen) atoms. The number of nitrogens with one attached hydrogen (secondary N) is 1. The van der Waals surface area contributed by atoms with E-state index in [0.29, 0.717) is 32.2 Å². The Kier molecular flexibility index (Phi) is 7.89. The zero-order valence-electron chi connectivity index (χ0n) is 14.9. The van der Waals surface area contributed by atoms with Crippen LogP contribution in [0, 0.1) is 12.8 Å². The molecule has 0 bridgehead atoms. The van der Waals surface area contributed by atoms with E-state index in [1.165, 1.54) is 12.0 Å². The van der Waals surface area contributed by atoms with Crippen molar-refractivity contribution in [3.8, 4) is 5.75 Å². The van der Waals surface area contributed by atoms with Crippen molar-refractivity contribution in [3.63, 3.8) is 0 Å². The molecule has 1 atom stereocenters. The highest BCUT2D eigenvalue weighted by Crippen LogP contribution is 2.16. The molecule has 1 saturated heterocycles. The summed E-state index contributed by atoms with van der Waals surface area (Å²) >= 11 is 0. The first-order chi connectivity index (χ1) is 11.7. The molecule has 2 rings (SSSR count). The number of urea groups is 1. The first-order valence-corrected chi connectivity index (χ1v) is 8.99. The second-order valence-corrected chi connectivity index (χ2v) is 6.34. The zero-order valence-corrected chi connectivity index (χ0v) is 14.9. The molecule has 2 amide bonds. The lowest BCUT2D eigenvalue weighted by Crippen LogP contribution is -2.42. The van der Waals surface area contributed by atoms with E-state index in [2.05, 4.69) is 5.32 Å². The summed E-state index contributed by atoms with van der Waals surface area (Å²) in [5, 5.41) is 3.01. The fourth-order valence-corrected chi connectivity index (χ4v) is 2.84. The number of carbonyl (C=O) groups excluding carboxylic acids is 1. The van der Waals surface area contributed by atoms with E-state index < -0.39 is 0 Å². The van der Waals surface area contributed by atoms with Gasteiger partial charge in [-0.15, -0.1) is 0 Å². The van der Waals surface area contributed by atoms with E-state index in [1.54, 1.807) is 4.90 Å². The van der Waals surface area contributed by atoms with Gasteiger partial charge in [0.15, 0.2) is 0 Å². The number of hydrogen-bond acceptors (Lipinski definition) is 3. The molecule has 1 heterocycles. The van der Waals surface area contributed by atoms with E-state index in [1.807, 2.05) is 38.1 Å². The molecular weight excluding hydrogens is 304 g/mol. The molecule has 1 aromatic rings. The summed E-state index contributed by atoms with van der Waals surface area (Å²) in [5.41, 5.74) is 1.21. The summed E-state index contributed by atoms with van der Waals surface area (Å²) in [5.74, 6) is 1.42. The lowest BCUT2D eigenvalue weighted by atomic mass is 9.99. The molecule has 0 spiro atoms. The van der Waals surface area contributed by atoms with Crippen molar-refractivity contribution in [2.75, 3.05) is 39.5 Å². The second kappa shape index (κ2) is 10.2. The maximum atomic E-state index is 12.2. The Balaban J connectivity index is 1.64. The Morgan fingerprint density at radius 3 is 2.83 bits per heavy atom. The molecule has 5 nitrogen and oxygen atoms in total. The minimum atomic E-state index is -0.0123. The van der Waals surface area contributed by atoms with Crippen LogP contribution in [0.25, 0.3) is 0 Å². The molecule has 5 heteroatoms. The van der Waals surface area contributed by atoms with Gasteiger partial charge in [-0.2, -0.15) is 0 Å². The van der Waals surface area contributed by atoms with Crippen LogP contribution >= 0.6 is 0 Å². The summed E-state index contributed by atoms with van der Waals surface area (Å²) in [6.07, 6.45) is 3.33. The maximum absolute atomic E-state index is 12.2. The molecule has 0 aliphatic carbocycles. The number of aryl methyl sites for hydroxylation is 1. The third-order valence-corrected chi connectivity index (χ3v) is 4.40. The van der Waals surface area contributed by atoms with Crippen LogP contribution in [0.4, 0.5) is 4.79 Å². The fourth-order valence-electron chi connectivity index (χ4n) is 2.84. The smallest absolute Gasteiger partial charge is 0.317 e. The molecule has 1 aliphatic heterocycles. The van der Waals surface area contributed by atoms with Gasteiger partial charge in [0.2, 0.25) is 0 Å². The van der Waals surface area contributed by atoms with Crippen LogP contribution in [0.5, 0.6) is 5.75 Å². The average molecular weight is 334 g/mol. The van der Waals surface area contributed by atoms with Gasteiger partial charge in [0.1, 0.15) is 12.4 Å². The normalized spacial score (nSPS) is 17.3. The largest absolute Gasteiger partial charge is 0.492 e. The lowest BCUT2D eigenvalue weighted by molar-refractivity contribution is 0.0518. The van der Waals surface area contributed by atoms with E-state index in [-0.39, 0.29) is 6.03 Å². The minimum Gasteiger partial charge on any atom is -0.492 e. The topological polar surface area (TPSA) is 50.8 Å². The van der Waals surface area contributed by atoms with Crippen molar-refractivity contribution >= 4 is 6.03 Å². The van der Waals surface area contributed by atoms with Gasteiger partial charge in [-0.25, -0.2) is 4.79 Å². The second-order valence-electron chi connectivity index (χ2n) is 6.34. The van der Waals surface area contributed by atoms with E-state index in [4.69, 9.17) is 9.47 Å². The fraction of sp³-hybridized carbons (Fsp3) is 0.632. The highest BCUT2D eigenvalue weighted by Gasteiger charge is 2.15. The zero-order chi connectivity index (χ0) is 17.2. The minimum absolute atomic E-state index is 0.0123. The van der Waals surface area contributed by atoms with Gasteiger partial charge in [-0.1, -0.05) is 17.7 Å². The summed E-state index contributed by atoms with van der Waals surface area (Å²) in [7, 11) is 0. The number of ether oxygens (including phenoxy) is 2. The van der Waals surface area contributed by atoms with Gasteiger partial charge in [0.05, 0.1) is 6.54 Å². The monoisotopic (exact) mass is 334 g/mol. The predicted molar refractivity (Wildman–Crippen MR) is 95.5 cm³/mol. The van der Waals surface area contributed by atoms with Crippen LogP contribution in [0.1, 0.15) is 31.7 Å². The summed E-state index contributed by atoms with van der Waals surface area (Å²) in [4.78, 5) is 14.0. The maximum Gasteiger partial charge on any atom is 0.317 e. The highest BCUT2D eigenvalue weighted by molar-refractivity contribution is 5.74. The molecule has 0 aromatic heterocycles. The van der Waals surface area contributed by atoms with Gasteiger partial charge in [-0.3, -0.25) is 0 Å². The summed E-state index contributed by atoms with van der Waals surface area (Å²) in [6.45, 7) is 8.22. The van der Waals surface area contributed by atoms with Crippen molar-refractivity contribution in [1.29, 1.82) is 0 Å². The van der Waals surface area contributed by atoms with Crippen LogP contribution in [-0.2, 0) is 4.74 Å². The lowest BCUT2D eigenvalue weighted by Gasteiger charge is -2.24. The van der Waals surface area contributed by atoms with Gasteiger partial charge in [0, 0.05) is 26.3 Å². The summed E-state index contributed by atoms with van der Waals surface area (Å²) in [6, 6.07) is 7.95. The van der Waals surface area contributed by atoms with Crippen molar-refractivity contribution in [3.05, 3.63) is 29.8 Å². The molecular formula is C19H30N2O3. The third kappa shape index (κ3) is 6.40. The van der Waals surface area contributed by atoms with Crippen LogP contribution in [0.3, 0.4) is 0 Å². The van der Waals surface area contributed by atoms with Gasteiger partial charge < -0.3 is 19.7 Å². The number of hydrogen-bond donors (Lipinski definition) is 1. The number of carbonyl (C=O) groups is 1. The van der Waals surface area contributed by atoms with Crippen LogP contribution in [0.15, 0.2) is 24.3 Å². The van der Waals surface area contributed by atoms with Gasteiger partial charge >= 0.3 is 6.03 Å². The Bertz CT molecular complexity index is 484. The molecule has 1 aliphatic rings. The van der Waals surface area contributed by atoms with Crippen LogP contribution in [0.2, 0.25) is 0 Å². The highest BCUT2D eigenvalue weighted by atomic mass is 16.5. The number of rotatable bonds is 8. The van der Waals surface area contributed by atoms with Gasteiger partial charge in [0.25, 0.3) is 0 Å². The van der Waals surface area contributed by atoms with Gasteiger partial charge in [-0.05, 0) is 51.2 Å². The van der Waals surface area contributed by atoms with E-state index >= 15 is 0 Å². The predicted octanol–water partition coefficient (Wildman–Crippen LogP) is 3.22. The van der Waals surface area contributed by atoms with E-state index in [0.717, 1.165) is 31.8 Å². The molecule has 134 valence electrons. The van der Waals surface area contributed by atoms with E-state index in [9.17, 15) is 4.79 Å².